The molecule has 0 radical (unpaired) electrons. The van der Waals surface area contributed by atoms with E-state index in [1.807, 2.05) is 24.5 Å². The van der Waals surface area contributed by atoms with Gasteiger partial charge >= 0.3 is 11.9 Å². The minimum Gasteiger partial charge on any atom is -0.478 e. The van der Waals surface area contributed by atoms with Crippen LogP contribution in [0.3, 0.4) is 0 Å². The van der Waals surface area contributed by atoms with Crippen LogP contribution in [0.4, 0.5) is 4.79 Å². The predicted octanol–water partition coefficient (Wildman–Crippen LogP) is 4.43. The molecule has 3 rings (SSSR count). The molecule has 1 aliphatic rings. The van der Waals surface area contributed by atoms with Crippen molar-refractivity contribution in [2.45, 2.75) is 33.8 Å². The maximum atomic E-state index is 12.7. The summed E-state index contributed by atoms with van der Waals surface area (Å²) in [5.74, 6) is -2.35. The zero-order valence-corrected chi connectivity index (χ0v) is 19.4. The third-order valence-corrected chi connectivity index (χ3v) is 5.96. The van der Waals surface area contributed by atoms with Gasteiger partial charge in [-0.3, -0.25) is 19.3 Å². The molecule has 1 aromatic carbocycles. The van der Waals surface area contributed by atoms with E-state index in [0.717, 1.165) is 28.0 Å². The second-order valence-corrected chi connectivity index (χ2v) is 8.84. The van der Waals surface area contributed by atoms with E-state index in [4.69, 9.17) is 16.3 Å². The Kier molecular flexibility index (Phi) is 6.80. The number of carboxylic acids is 1. The first-order valence-corrected chi connectivity index (χ1v) is 10.9. The Balaban J connectivity index is 1.92. The van der Waals surface area contributed by atoms with Crippen molar-refractivity contribution in [3.63, 3.8) is 0 Å². The molecule has 0 unspecified atom stereocenters. The normalized spacial score (nSPS) is 15.2. The van der Waals surface area contributed by atoms with Crippen LogP contribution in [0.15, 0.2) is 29.2 Å². The maximum Gasteiger partial charge on any atom is 0.337 e. The Labute approximate surface area is 193 Å². The quantitative estimate of drug-likeness (QED) is 0.485. The predicted molar refractivity (Wildman–Crippen MR) is 121 cm³/mol. The van der Waals surface area contributed by atoms with Gasteiger partial charge in [-0.15, -0.1) is 0 Å². The van der Waals surface area contributed by atoms with Crippen molar-refractivity contribution in [1.82, 2.24) is 9.47 Å². The Morgan fingerprint density at radius 2 is 1.91 bits per heavy atom. The summed E-state index contributed by atoms with van der Waals surface area (Å²) in [6.07, 6.45) is 1.24. The Morgan fingerprint density at radius 3 is 2.53 bits per heavy atom. The number of carbonyl (C=O) groups is 4. The number of amides is 2. The molecule has 0 atom stereocenters. The van der Waals surface area contributed by atoms with Gasteiger partial charge in [-0.05, 0) is 75.4 Å². The Hall–Kier alpha value is -3.04. The highest BCUT2D eigenvalue weighted by molar-refractivity contribution is 8.18. The number of thioether (sulfide) groups is 1. The average molecular weight is 477 g/mol. The lowest BCUT2D eigenvalue weighted by atomic mass is 10.2. The van der Waals surface area contributed by atoms with Gasteiger partial charge in [-0.1, -0.05) is 11.6 Å². The number of nitrogens with zero attached hydrogens (tertiary/aromatic N) is 2. The molecule has 2 aromatic rings. The van der Waals surface area contributed by atoms with E-state index in [0.29, 0.717) is 11.3 Å². The van der Waals surface area contributed by atoms with E-state index in [-0.39, 0.29) is 21.6 Å². The minimum atomic E-state index is -1.13. The molecule has 168 valence electrons. The number of halogens is 1. The van der Waals surface area contributed by atoms with Gasteiger partial charge in [0.15, 0.2) is 0 Å². The molecule has 32 heavy (non-hydrogen) atoms. The molecule has 1 N–H and O–H groups in total. The number of esters is 1. The zero-order valence-electron chi connectivity index (χ0n) is 17.8. The number of aryl methyl sites for hydroxylation is 1. The molecule has 1 aromatic heterocycles. The monoisotopic (exact) mass is 476 g/mol. The molecule has 2 heterocycles. The highest BCUT2D eigenvalue weighted by atomic mass is 35.5. The van der Waals surface area contributed by atoms with Gasteiger partial charge in [0.2, 0.25) is 0 Å². The van der Waals surface area contributed by atoms with Crippen molar-refractivity contribution in [2.75, 3.05) is 6.54 Å². The van der Waals surface area contributed by atoms with Crippen molar-refractivity contribution < 1.29 is 29.0 Å². The van der Waals surface area contributed by atoms with Crippen molar-refractivity contribution in [2.24, 2.45) is 0 Å². The molecule has 2 amide bonds. The number of aromatic carboxylic acids is 1. The fourth-order valence-corrected chi connectivity index (χ4v) is 4.38. The average Bonchev–Trinajstić information content (AvgIpc) is 3.11. The highest BCUT2D eigenvalue weighted by Crippen LogP contribution is 2.34. The molecule has 0 aliphatic carbocycles. The second-order valence-electron chi connectivity index (χ2n) is 7.44. The van der Waals surface area contributed by atoms with E-state index in [1.54, 1.807) is 26.0 Å². The van der Waals surface area contributed by atoms with Gasteiger partial charge in [-0.25, -0.2) is 4.79 Å². The summed E-state index contributed by atoms with van der Waals surface area (Å²) in [6, 6.07) is 6.52. The van der Waals surface area contributed by atoms with Gasteiger partial charge in [-0.2, -0.15) is 0 Å². The Bertz CT molecular complexity index is 1170. The fraction of sp³-hybridized carbons (Fsp3) is 0.273. The summed E-state index contributed by atoms with van der Waals surface area (Å²) in [5, 5.41) is 8.94. The van der Waals surface area contributed by atoms with Crippen LogP contribution >= 0.6 is 23.4 Å². The summed E-state index contributed by atoms with van der Waals surface area (Å²) in [6.45, 7) is 6.58. The van der Waals surface area contributed by atoms with Crippen LogP contribution in [-0.4, -0.2) is 50.3 Å². The smallest absolute Gasteiger partial charge is 0.337 e. The van der Waals surface area contributed by atoms with E-state index < -0.39 is 29.6 Å². The van der Waals surface area contributed by atoms with Crippen LogP contribution in [0, 0.1) is 13.8 Å². The largest absolute Gasteiger partial charge is 0.478 e. The van der Waals surface area contributed by atoms with Gasteiger partial charge in [0.1, 0.15) is 6.54 Å². The molecular formula is C22H21ClN2O6S. The van der Waals surface area contributed by atoms with E-state index in [9.17, 15) is 24.3 Å². The van der Waals surface area contributed by atoms with Crippen molar-refractivity contribution in [1.29, 1.82) is 0 Å². The lowest BCUT2D eigenvalue weighted by molar-refractivity contribution is -0.149. The van der Waals surface area contributed by atoms with E-state index >= 15 is 0 Å². The first-order valence-electron chi connectivity index (χ1n) is 9.66. The van der Waals surface area contributed by atoms with Crippen LogP contribution in [0.2, 0.25) is 5.02 Å². The van der Waals surface area contributed by atoms with Crippen molar-refractivity contribution in [3.05, 3.63) is 56.7 Å². The summed E-state index contributed by atoms with van der Waals surface area (Å²) < 4.78 is 6.85. The third kappa shape index (κ3) is 4.73. The number of aromatic nitrogens is 1. The third-order valence-electron chi connectivity index (χ3n) is 4.72. The second kappa shape index (κ2) is 9.22. The molecule has 0 saturated carbocycles. The van der Waals surface area contributed by atoms with Gasteiger partial charge < -0.3 is 14.4 Å². The number of benzene rings is 1. The minimum absolute atomic E-state index is 0.0207. The lowest BCUT2D eigenvalue weighted by Gasteiger charge is -2.13. The molecule has 8 nitrogen and oxygen atoms in total. The van der Waals surface area contributed by atoms with Crippen molar-refractivity contribution >= 4 is 52.5 Å². The number of hydrogen-bond donors (Lipinski definition) is 1. The van der Waals surface area contributed by atoms with Crippen LogP contribution in [0.1, 0.15) is 41.2 Å². The summed E-state index contributed by atoms with van der Waals surface area (Å²) in [4.78, 5) is 49.3. The first kappa shape index (κ1) is 23.6. The zero-order chi connectivity index (χ0) is 23.7. The number of carboxylic acid groups (broad SMARTS) is 1. The molecule has 1 fully saturated rings. The highest BCUT2D eigenvalue weighted by Gasteiger charge is 2.37. The van der Waals surface area contributed by atoms with Crippen LogP contribution < -0.4 is 0 Å². The Morgan fingerprint density at radius 1 is 1.22 bits per heavy atom. The van der Waals surface area contributed by atoms with E-state index in [1.165, 1.54) is 12.1 Å². The van der Waals surface area contributed by atoms with Gasteiger partial charge in [0, 0.05) is 17.1 Å². The molecular weight excluding hydrogens is 456 g/mol. The van der Waals surface area contributed by atoms with Crippen molar-refractivity contribution in [3.8, 4) is 5.69 Å². The molecule has 0 bridgehead atoms. The number of rotatable bonds is 6. The number of ether oxygens (including phenoxy) is 1. The fourth-order valence-electron chi connectivity index (χ4n) is 3.35. The summed E-state index contributed by atoms with van der Waals surface area (Å²) >= 11 is 6.73. The summed E-state index contributed by atoms with van der Waals surface area (Å²) in [5.41, 5.74) is 2.81. The molecule has 10 heteroatoms. The van der Waals surface area contributed by atoms with Crippen LogP contribution in [-0.2, 0) is 14.3 Å². The molecule has 1 saturated heterocycles. The van der Waals surface area contributed by atoms with E-state index in [2.05, 4.69) is 0 Å². The number of hydrogen-bond acceptors (Lipinski definition) is 6. The number of imide groups is 1. The van der Waals surface area contributed by atoms with Crippen LogP contribution in [0.25, 0.3) is 11.8 Å². The first-order chi connectivity index (χ1) is 15.0. The standard InChI is InChI=1S/C22H21ClN2O6S/c1-11(2)31-19(26)10-24-20(27)18(32-22(24)30)8-14-7-12(3)25(13(14)4)15-5-6-17(23)16(9-15)21(28)29/h5-9,11H,10H2,1-4H3,(H,28,29)/b18-8-. The molecule has 1 aliphatic heterocycles. The maximum absolute atomic E-state index is 12.7. The van der Waals surface area contributed by atoms with Crippen LogP contribution in [0.5, 0.6) is 0 Å². The SMILES string of the molecule is Cc1cc(/C=C2\SC(=O)N(CC(=O)OC(C)C)C2=O)c(C)n1-c1ccc(Cl)c(C(=O)O)c1. The topological polar surface area (TPSA) is 106 Å². The molecule has 0 spiro atoms. The number of carbonyl (C=O) groups excluding carboxylic acids is 3. The summed E-state index contributed by atoms with van der Waals surface area (Å²) in [7, 11) is 0. The van der Waals surface area contributed by atoms with Gasteiger partial charge in [0.25, 0.3) is 11.1 Å². The van der Waals surface area contributed by atoms with Gasteiger partial charge in [0.05, 0.1) is 21.6 Å². The lowest BCUT2D eigenvalue weighted by Crippen LogP contribution is -2.35.